The highest BCUT2D eigenvalue weighted by Crippen LogP contribution is 2.65. The minimum absolute atomic E-state index is 0.0120. The standard InChI is InChI=1S/C25H31ClO5/c1-4-5-21(30)31-25(20(29)14-26)11-9-18-17-7-6-15-12-16(27)8-10-23(15,2)22(17)19(28)13-24(18,25)3/h8,10,12,18-19,28H,4-7,9,11,13-14H2,1-3H3/t18-,19-,23-,24-,25-/m0/s1. The first kappa shape index (κ1) is 22.5. The molecule has 31 heavy (non-hydrogen) atoms. The fourth-order valence-corrected chi connectivity index (χ4v) is 7.04. The van der Waals surface area contributed by atoms with Gasteiger partial charge >= 0.3 is 5.97 Å². The minimum atomic E-state index is -1.30. The van der Waals surface area contributed by atoms with E-state index in [9.17, 15) is 19.5 Å². The highest BCUT2D eigenvalue weighted by molar-refractivity contribution is 6.29. The van der Waals surface area contributed by atoms with E-state index in [1.807, 2.05) is 19.9 Å². The van der Waals surface area contributed by atoms with Gasteiger partial charge in [0.2, 0.25) is 0 Å². The molecule has 1 fully saturated rings. The fraction of sp³-hybridized carbons (Fsp3) is 0.640. The predicted molar refractivity (Wildman–Crippen MR) is 118 cm³/mol. The van der Waals surface area contributed by atoms with Crippen LogP contribution in [-0.2, 0) is 19.1 Å². The second-order valence-corrected chi connectivity index (χ2v) is 10.2. The van der Waals surface area contributed by atoms with Crippen molar-refractivity contribution >= 4 is 29.1 Å². The molecule has 0 aromatic carbocycles. The van der Waals surface area contributed by atoms with Gasteiger partial charge in [-0.25, -0.2) is 0 Å². The molecule has 5 atom stereocenters. The molecule has 0 aromatic rings. The number of Topliss-reactive ketones (excluding diaryl/α,β-unsaturated/α-hetero) is 1. The lowest BCUT2D eigenvalue weighted by molar-refractivity contribution is -0.183. The van der Waals surface area contributed by atoms with E-state index in [0.29, 0.717) is 25.7 Å². The average Bonchev–Trinajstić information content (AvgIpc) is 3.00. The molecule has 0 amide bonds. The quantitative estimate of drug-likeness (QED) is 0.388. The monoisotopic (exact) mass is 446 g/mol. The highest BCUT2D eigenvalue weighted by atomic mass is 35.5. The molecule has 0 bridgehead atoms. The number of carbonyl (C=O) groups excluding carboxylic acids is 3. The lowest BCUT2D eigenvalue weighted by Crippen LogP contribution is -2.58. The topological polar surface area (TPSA) is 80.7 Å². The summed E-state index contributed by atoms with van der Waals surface area (Å²) >= 11 is 6.01. The first-order valence-electron chi connectivity index (χ1n) is 11.3. The summed E-state index contributed by atoms with van der Waals surface area (Å²) in [6.45, 7) is 5.94. The van der Waals surface area contributed by atoms with E-state index in [1.165, 1.54) is 0 Å². The van der Waals surface area contributed by atoms with Crippen LogP contribution in [0.1, 0.15) is 65.7 Å². The Hall–Kier alpha value is -1.72. The van der Waals surface area contributed by atoms with Gasteiger partial charge in [-0.05, 0) is 69.1 Å². The Bertz CT molecular complexity index is 930. The molecule has 0 spiro atoms. The third kappa shape index (κ3) is 3.11. The Morgan fingerprint density at radius 1 is 1.29 bits per heavy atom. The molecule has 0 radical (unpaired) electrons. The van der Waals surface area contributed by atoms with E-state index >= 15 is 0 Å². The van der Waals surface area contributed by atoms with Crippen LogP contribution in [0, 0.1) is 16.7 Å². The molecule has 4 aliphatic rings. The Morgan fingerprint density at radius 2 is 2.03 bits per heavy atom. The van der Waals surface area contributed by atoms with Gasteiger partial charge in [-0.2, -0.15) is 0 Å². The van der Waals surface area contributed by atoms with Crippen LogP contribution in [0.4, 0.5) is 0 Å². The second kappa shape index (κ2) is 7.70. The maximum absolute atomic E-state index is 13.2. The zero-order chi connectivity index (χ0) is 22.6. The maximum Gasteiger partial charge on any atom is 0.306 e. The number of hydrogen-bond donors (Lipinski definition) is 1. The van der Waals surface area contributed by atoms with Crippen molar-refractivity contribution in [3.8, 4) is 0 Å². The average molecular weight is 447 g/mol. The first-order valence-corrected chi connectivity index (χ1v) is 11.8. The second-order valence-electron chi connectivity index (χ2n) is 9.88. The van der Waals surface area contributed by atoms with Crippen molar-refractivity contribution in [3.63, 3.8) is 0 Å². The van der Waals surface area contributed by atoms with Gasteiger partial charge in [0, 0.05) is 17.3 Å². The number of esters is 1. The Labute approximate surface area is 188 Å². The predicted octanol–water partition coefficient (Wildman–Crippen LogP) is 4.22. The first-order chi connectivity index (χ1) is 14.6. The Morgan fingerprint density at radius 3 is 2.71 bits per heavy atom. The van der Waals surface area contributed by atoms with Gasteiger partial charge in [0.1, 0.15) is 0 Å². The summed E-state index contributed by atoms with van der Waals surface area (Å²) in [4.78, 5) is 37.6. The lowest BCUT2D eigenvalue weighted by Gasteiger charge is -2.54. The van der Waals surface area contributed by atoms with Gasteiger partial charge in [0.25, 0.3) is 0 Å². The number of allylic oxidation sites excluding steroid dienone is 5. The van der Waals surface area contributed by atoms with E-state index in [-0.39, 0.29) is 35.8 Å². The number of aliphatic hydroxyl groups is 1. The van der Waals surface area contributed by atoms with Gasteiger partial charge in [0.05, 0.1) is 12.0 Å². The molecule has 168 valence electrons. The molecule has 0 aromatic heterocycles. The molecule has 1 saturated carbocycles. The van der Waals surface area contributed by atoms with E-state index in [1.54, 1.807) is 12.2 Å². The summed E-state index contributed by atoms with van der Waals surface area (Å²) in [7, 11) is 0. The van der Waals surface area contributed by atoms with Crippen molar-refractivity contribution in [2.75, 3.05) is 5.88 Å². The Kier molecular flexibility index (Phi) is 5.58. The molecule has 0 unspecified atom stereocenters. The van der Waals surface area contributed by atoms with Crippen molar-refractivity contribution in [1.82, 2.24) is 0 Å². The number of ketones is 2. The molecule has 5 nitrogen and oxygen atoms in total. The summed E-state index contributed by atoms with van der Waals surface area (Å²) in [6.07, 6.45) is 8.25. The van der Waals surface area contributed by atoms with Crippen molar-refractivity contribution in [2.24, 2.45) is 16.7 Å². The van der Waals surface area contributed by atoms with E-state index in [4.69, 9.17) is 16.3 Å². The Balaban J connectivity index is 1.81. The largest absolute Gasteiger partial charge is 0.450 e. The molecule has 4 aliphatic carbocycles. The molecule has 6 heteroatoms. The number of hydrogen-bond acceptors (Lipinski definition) is 5. The van der Waals surface area contributed by atoms with Crippen molar-refractivity contribution < 1.29 is 24.2 Å². The highest BCUT2D eigenvalue weighted by Gasteiger charge is 2.67. The molecule has 1 N–H and O–H groups in total. The van der Waals surface area contributed by atoms with Crippen LogP contribution in [0.3, 0.4) is 0 Å². The van der Waals surface area contributed by atoms with Crippen molar-refractivity contribution in [3.05, 3.63) is 34.9 Å². The number of fused-ring (bicyclic) bond motifs is 4. The zero-order valence-corrected chi connectivity index (χ0v) is 19.3. The molecular formula is C25H31ClO5. The van der Waals surface area contributed by atoms with Crippen LogP contribution in [0.15, 0.2) is 34.9 Å². The van der Waals surface area contributed by atoms with Crippen molar-refractivity contribution in [2.45, 2.75) is 77.4 Å². The minimum Gasteiger partial charge on any atom is -0.450 e. The van der Waals surface area contributed by atoms with E-state index in [0.717, 1.165) is 29.6 Å². The molecule has 0 aliphatic heterocycles. The number of ether oxygens (including phenoxy) is 1. The van der Waals surface area contributed by atoms with E-state index < -0.39 is 22.5 Å². The molecule has 0 heterocycles. The third-order valence-electron chi connectivity index (χ3n) is 8.30. The van der Waals surface area contributed by atoms with Gasteiger partial charge in [-0.3, -0.25) is 14.4 Å². The van der Waals surface area contributed by atoms with Crippen LogP contribution >= 0.6 is 11.6 Å². The summed E-state index contributed by atoms with van der Waals surface area (Å²) in [6, 6.07) is 0. The number of rotatable bonds is 5. The van der Waals surface area contributed by atoms with E-state index in [2.05, 4.69) is 6.92 Å². The zero-order valence-electron chi connectivity index (χ0n) is 18.5. The third-order valence-corrected chi connectivity index (χ3v) is 8.54. The number of aliphatic hydroxyl groups excluding tert-OH is 1. The van der Waals surface area contributed by atoms with Crippen LogP contribution < -0.4 is 0 Å². The fourth-order valence-electron chi connectivity index (χ4n) is 6.82. The normalized spacial score (nSPS) is 38.9. The van der Waals surface area contributed by atoms with Gasteiger partial charge in [0.15, 0.2) is 17.2 Å². The number of alkyl halides is 1. The lowest BCUT2D eigenvalue weighted by atomic mass is 9.52. The number of carbonyl (C=O) groups is 3. The van der Waals surface area contributed by atoms with Gasteiger partial charge in [-0.1, -0.05) is 31.1 Å². The molecular weight excluding hydrogens is 416 g/mol. The molecule has 4 rings (SSSR count). The van der Waals surface area contributed by atoms with Crippen LogP contribution in [-0.4, -0.2) is 40.2 Å². The van der Waals surface area contributed by atoms with Crippen LogP contribution in [0.25, 0.3) is 0 Å². The van der Waals surface area contributed by atoms with Gasteiger partial charge < -0.3 is 9.84 Å². The van der Waals surface area contributed by atoms with Crippen LogP contribution in [0.2, 0.25) is 0 Å². The number of halogens is 1. The summed E-state index contributed by atoms with van der Waals surface area (Å²) in [5.41, 5.74) is 0.660. The smallest absolute Gasteiger partial charge is 0.306 e. The molecule has 0 saturated heterocycles. The summed E-state index contributed by atoms with van der Waals surface area (Å²) in [5, 5.41) is 11.4. The van der Waals surface area contributed by atoms with Crippen molar-refractivity contribution in [1.29, 1.82) is 0 Å². The maximum atomic E-state index is 13.2. The summed E-state index contributed by atoms with van der Waals surface area (Å²) < 4.78 is 5.96. The SMILES string of the molecule is CCCC(=O)O[C@]1(C(=O)CCl)CC[C@H]2C3=C([C@@H](O)C[C@@]21C)[C@@]1(C)C=CC(=O)C=C1CC3. The summed E-state index contributed by atoms with van der Waals surface area (Å²) in [5.74, 6) is -0.865. The van der Waals surface area contributed by atoms with Gasteiger partial charge in [-0.15, -0.1) is 11.6 Å². The van der Waals surface area contributed by atoms with Crippen LogP contribution in [0.5, 0.6) is 0 Å².